The lowest BCUT2D eigenvalue weighted by atomic mass is 10.0. The average molecular weight is 330 g/mol. The Kier molecular flexibility index (Phi) is 6.09. The zero-order valence-corrected chi connectivity index (χ0v) is 14.7. The molecule has 6 nitrogen and oxygen atoms in total. The molecule has 0 aliphatic carbocycles. The second-order valence-electron chi connectivity index (χ2n) is 6.75. The summed E-state index contributed by atoms with van der Waals surface area (Å²) in [6.07, 6.45) is 2.48. The van der Waals surface area contributed by atoms with Gasteiger partial charge in [-0.1, -0.05) is 19.9 Å². The summed E-state index contributed by atoms with van der Waals surface area (Å²) in [6, 6.07) is 5.33. The minimum Gasteiger partial charge on any atom is -0.394 e. The molecule has 0 saturated carbocycles. The van der Waals surface area contributed by atoms with E-state index in [1.54, 1.807) is 18.3 Å². The second kappa shape index (κ2) is 8.06. The Morgan fingerprint density at radius 2 is 2.00 bits per heavy atom. The molecule has 0 aliphatic heterocycles. The van der Waals surface area contributed by atoms with Gasteiger partial charge in [0.1, 0.15) is 0 Å². The molecular formula is C18H26N4O2. The largest absolute Gasteiger partial charge is 0.394 e. The van der Waals surface area contributed by atoms with Crippen LogP contribution in [0.1, 0.15) is 44.5 Å². The molecule has 3 N–H and O–H groups in total. The van der Waals surface area contributed by atoms with E-state index < -0.39 is 0 Å². The van der Waals surface area contributed by atoms with E-state index in [2.05, 4.69) is 34.4 Å². The molecular weight excluding hydrogens is 304 g/mol. The number of aliphatic hydroxyl groups is 1. The van der Waals surface area contributed by atoms with Crippen molar-refractivity contribution in [1.82, 2.24) is 15.3 Å². The summed E-state index contributed by atoms with van der Waals surface area (Å²) < 4.78 is 0. The summed E-state index contributed by atoms with van der Waals surface area (Å²) in [6.45, 7) is 8.08. The Hall–Kier alpha value is -2.21. The predicted molar refractivity (Wildman–Crippen MR) is 96.1 cm³/mol. The predicted octanol–water partition coefficient (Wildman–Crippen LogP) is 2.59. The third-order valence-electron chi connectivity index (χ3n) is 3.57. The van der Waals surface area contributed by atoms with Gasteiger partial charge in [-0.05, 0) is 38.3 Å². The molecule has 24 heavy (non-hydrogen) atoms. The highest BCUT2D eigenvalue weighted by Gasteiger charge is 2.15. The molecule has 1 atom stereocenters. The van der Waals surface area contributed by atoms with Crippen LogP contribution in [0.2, 0.25) is 0 Å². The van der Waals surface area contributed by atoms with Crippen molar-refractivity contribution in [3.63, 3.8) is 0 Å². The van der Waals surface area contributed by atoms with Crippen molar-refractivity contribution in [2.45, 2.75) is 46.2 Å². The summed E-state index contributed by atoms with van der Waals surface area (Å²) in [5.41, 5.74) is 1.24. The average Bonchev–Trinajstić information content (AvgIpc) is 2.52. The summed E-state index contributed by atoms with van der Waals surface area (Å²) in [7, 11) is 0. The van der Waals surface area contributed by atoms with Crippen LogP contribution in [0.3, 0.4) is 0 Å². The standard InChI is InChI=1S/C18H26N4O2/c1-11(2)7-15(10-23)21-17(24)13-5-6-14-9-19-18(20-12(3)4)22-16(14)8-13/h5-6,8-9,11-12,15,23H,7,10H2,1-4H3,(H,21,24)(H,19,20,22)/t15-/m0/s1. The molecule has 0 radical (unpaired) electrons. The lowest BCUT2D eigenvalue weighted by Gasteiger charge is -2.18. The minimum absolute atomic E-state index is 0.0673. The minimum atomic E-state index is -0.239. The number of nitrogens with zero attached hydrogens (tertiary/aromatic N) is 2. The highest BCUT2D eigenvalue weighted by molar-refractivity contribution is 5.97. The summed E-state index contributed by atoms with van der Waals surface area (Å²) in [4.78, 5) is 21.1. The molecule has 1 heterocycles. The number of nitrogens with one attached hydrogen (secondary N) is 2. The molecule has 0 spiro atoms. The molecule has 1 amide bonds. The first-order valence-corrected chi connectivity index (χ1v) is 8.34. The normalized spacial score (nSPS) is 12.6. The smallest absolute Gasteiger partial charge is 0.251 e. The van der Waals surface area contributed by atoms with Crippen LogP contribution in [0.25, 0.3) is 10.9 Å². The SMILES string of the molecule is CC(C)C[C@@H](CO)NC(=O)c1ccc2cnc(NC(C)C)nc2c1. The van der Waals surface area contributed by atoms with Crippen molar-refractivity contribution in [2.75, 3.05) is 11.9 Å². The number of hydrogen-bond acceptors (Lipinski definition) is 5. The zero-order chi connectivity index (χ0) is 17.7. The van der Waals surface area contributed by atoms with Crippen LogP contribution < -0.4 is 10.6 Å². The van der Waals surface area contributed by atoms with Crippen molar-refractivity contribution in [2.24, 2.45) is 5.92 Å². The van der Waals surface area contributed by atoms with Crippen molar-refractivity contribution >= 4 is 22.8 Å². The lowest BCUT2D eigenvalue weighted by Crippen LogP contribution is -2.38. The van der Waals surface area contributed by atoms with E-state index in [0.29, 0.717) is 22.9 Å². The van der Waals surface area contributed by atoms with Crippen molar-refractivity contribution in [3.8, 4) is 0 Å². The fourth-order valence-corrected chi connectivity index (χ4v) is 2.51. The Balaban J connectivity index is 2.20. The first-order chi connectivity index (χ1) is 11.4. The van der Waals surface area contributed by atoms with Crippen LogP contribution in [0.4, 0.5) is 5.95 Å². The van der Waals surface area contributed by atoms with Gasteiger partial charge in [-0.3, -0.25) is 4.79 Å². The number of aromatic nitrogens is 2. The van der Waals surface area contributed by atoms with Gasteiger partial charge in [0.05, 0.1) is 18.2 Å². The monoisotopic (exact) mass is 330 g/mol. The molecule has 0 unspecified atom stereocenters. The Morgan fingerprint density at radius 3 is 2.62 bits per heavy atom. The van der Waals surface area contributed by atoms with Gasteiger partial charge in [-0.2, -0.15) is 0 Å². The van der Waals surface area contributed by atoms with Crippen molar-refractivity contribution in [3.05, 3.63) is 30.0 Å². The van der Waals surface area contributed by atoms with E-state index in [-0.39, 0.29) is 24.6 Å². The number of hydrogen-bond donors (Lipinski definition) is 3. The van der Waals surface area contributed by atoms with Crippen LogP contribution >= 0.6 is 0 Å². The van der Waals surface area contributed by atoms with Crippen LogP contribution in [-0.2, 0) is 0 Å². The first-order valence-electron chi connectivity index (χ1n) is 8.34. The van der Waals surface area contributed by atoms with Crippen LogP contribution in [0, 0.1) is 5.92 Å². The molecule has 130 valence electrons. The van der Waals surface area contributed by atoms with E-state index in [4.69, 9.17) is 0 Å². The topological polar surface area (TPSA) is 87.1 Å². The Labute approximate surface area is 142 Å². The Bertz CT molecular complexity index is 700. The number of benzene rings is 1. The second-order valence-corrected chi connectivity index (χ2v) is 6.75. The van der Waals surface area contributed by atoms with E-state index in [1.165, 1.54) is 0 Å². The van der Waals surface area contributed by atoms with Gasteiger partial charge in [0.15, 0.2) is 0 Å². The Morgan fingerprint density at radius 1 is 1.25 bits per heavy atom. The maximum Gasteiger partial charge on any atom is 0.251 e. The number of aliphatic hydroxyl groups excluding tert-OH is 1. The molecule has 2 aromatic rings. The van der Waals surface area contributed by atoms with Crippen LogP contribution in [0.15, 0.2) is 24.4 Å². The van der Waals surface area contributed by atoms with Crippen LogP contribution in [-0.4, -0.2) is 39.7 Å². The molecule has 0 bridgehead atoms. The van der Waals surface area contributed by atoms with E-state index >= 15 is 0 Å². The zero-order valence-electron chi connectivity index (χ0n) is 14.7. The first kappa shape index (κ1) is 18.1. The van der Waals surface area contributed by atoms with Gasteiger partial charge in [-0.25, -0.2) is 9.97 Å². The molecule has 1 aromatic carbocycles. The van der Waals surface area contributed by atoms with Crippen LogP contribution in [0.5, 0.6) is 0 Å². The van der Waals surface area contributed by atoms with Gasteiger partial charge in [0.25, 0.3) is 5.91 Å². The van der Waals surface area contributed by atoms with Gasteiger partial charge < -0.3 is 15.7 Å². The highest BCUT2D eigenvalue weighted by Crippen LogP contribution is 2.16. The number of carbonyl (C=O) groups excluding carboxylic acids is 1. The third kappa shape index (κ3) is 4.89. The molecule has 2 rings (SSSR count). The molecule has 0 aliphatic rings. The van der Waals surface area contributed by atoms with Gasteiger partial charge in [0.2, 0.25) is 5.95 Å². The van der Waals surface area contributed by atoms with Gasteiger partial charge in [-0.15, -0.1) is 0 Å². The van der Waals surface area contributed by atoms with Gasteiger partial charge in [0, 0.05) is 23.2 Å². The van der Waals surface area contributed by atoms with E-state index in [0.717, 1.165) is 11.8 Å². The van der Waals surface area contributed by atoms with E-state index in [9.17, 15) is 9.90 Å². The summed E-state index contributed by atoms with van der Waals surface area (Å²) >= 11 is 0. The molecule has 1 aromatic heterocycles. The fraction of sp³-hybridized carbons (Fsp3) is 0.500. The number of carbonyl (C=O) groups is 1. The highest BCUT2D eigenvalue weighted by atomic mass is 16.3. The number of amides is 1. The fourth-order valence-electron chi connectivity index (χ4n) is 2.51. The lowest BCUT2D eigenvalue weighted by molar-refractivity contribution is 0.0908. The van der Waals surface area contributed by atoms with Crippen molar-refractivity contribution < 1.29 is 9.90 Å². The summed E-state index contributed by atoms with van der Waals surface area (Å²) in [5.74, 6) is 0.744. The summed E-state index contributed by atoms with van der Waals surface area (Å²) in [5, 5.41) is 16.3. The maximum atomic E-state index is 12.4. The van der Waals surface area contributed by atoms with Crippen molar-refractivity contribution in [1.29, 1.82) is 0 Å². The van der Waals surface area contributed by atoms with E-state index in [1.807, 2.05) is 19.9 Å². The molecule has 6 heteroatoms. The number of rotatable bonds is 7. The quantitative estimate of drug-likeness (QED) is 0.726. The third-order valence-corrected chi connectivity index (χ3v) is 3.57. The molecule has 0 fully saturated rings. The maximum absolute atomic E-state index is 12.4. The van der Waals surface area contributed by atoms with Gasteiger partial charge >= 0.3 is 0 Å². The molecule has 0 saturated heterocycles. The number of fused-ring (bicyclic) bond motifs is 1. The number of anilines is 1.